The topological polar surface area (TPSA) is 43.8 Å². The molecule has 2 N–H and O–H groups in total. The quantitative estimate of drug-likeness (QED) is 0.815. The fourth-order valence-corrected chi connectivity index (χ4v) is 3.59. The molecule has 1 aromatic carbocycles. The van der Waals surface area contributed by atoms with Gasteiger partial charge in [0.1, 0.15) is 0 Å². The number of halogens is 2. The van der Waals surface area contributed by atoms with Crippen molar-refractivity contribution >= 4 is 31.9 Å². The zero-order chi connectivity index (χ0) is 14.7. The van der Waals surface area contributed by atoms with Crippen molar-refractivity contribution in [3.05, 3.63) is 50.2 Å². The van der Waals surface area contributed by atoms with E-state index < -0.39 is 0 Å². The van der Waals surface area contributed by atoms with E-state index >= 15 is 0 Å². The predicted molar refractivity (Wildman–Crippen MR) is 89.8 cm³/mol. The maximum atomic E-state index is 6.36. The molecule has 3 nitrogen and oxygen atoms in total. The highest BCUT2D eigenvalue weighted by atomic mass is 79.9. The molecule has 0 bridgehead atoms. The molecule has 0 spiro atoms. The zero-order valence-electron chi connectivity index (χ0n) is 11.7. The van der Waals surface area contributed by atoms with Crippen LogP contribution in [0, 0.1) is 0 Å². The van der Waals surface area contributed by atoms with E-state index in [-0.39, 0.29) is 6.04 Å². The van der Waals surface area contributed by atoms with Crippen molar-refractivity contribution in [1.29, 1.82) is 0 Å². The fourth-order valence-electron chi connectivity index (χ4n) is 2.26. The van der Waals surface area contributed by atoms with Gasteiger partial charge in [0, 0.05) is 33.6 Å². The summed E-state index contributed by atoms with van der Waals surface area (Å²) in [5.41, 5.74) is 9.81. The highest BCUT2D eigenvalue weighted by molar-refractivity contribution is 9.11. The normalized spacial score (nSPS) is 12.7. The molecule has 2 rings (SSSR count). The molecule has 0 fully saturated rings. The van der Waals surface area contributed by atoms with E-state index in [1.165, 1.54) is 5.69 Å². The van der Waals surface area contributed by atoms with E-state index in [1.54, 1.807) is 0 Å². The van der Waals surface area contributed by atoms with Gasteiger partial charge < -0.3 is 5.73 Å². The van der Waals surface area contributed by atoms with Gasteiger partial charge in [-0.15, -0.1) is 0 Å². The second-order valence-corrected chi connectivity index (χ2v) is 6.64. The number of aryl methyl sites for hydroxylation is 2. The summed E-state index contributed by atoms with van der Waals surface area (Å²) >= 11 is 7.01. The Morgan fingerprint density at radius 1 is 1.15 bits per heavy atom. The van der Waals surface area contributed by atoms with Crippen molar-refractivity contribution in [3.63, 3.8) is 0 Å². The standard InChI is InChI=1S/C15H19Br2N3/c1-3-13-8-14(20(4-2)19-13)9-15(18)10-5-11(16)7-12(17)6-10/h5-8,15H,3-4,9,18H2,1-2H3. The van der Waals surface area contributed by atoms with Crippen LogP contribution in [0.25, 0.3) is 0 Å². The minimum Gasteiger partial charge on any atom is -0.324 e. The summed E-state index contributed by atoms with van der Waals surface area (Å²) in [5, 5.41) is 4.57. The first-order chi connectivity index (χ1) is 9.53. The minimum absolute atomic E-state index is 0.0319. The monoisotopic (exact) mass is 399 g/mol. The Hall–Kier alpha value is -0.650. The van der Waals surface area contributed by atoms with Crippen LogP contribution in [0.2, 0.25) is 0 Å². The molecule has 0 saturated heterocycles. The summed E-state index contributed by atoms with van der Waals surface area (Å²) in [4.78, 5) is 0. The average molecular weight is 401 g/mol. The van der Waals surface area contributed by atoms with Crippen LogP contribution in [0.15, 0.2) is 33.2 Å². The smallest absolute Gasteiger partial charge is 0.0624 e. The third kappa shape index (κ3) is 3.71. The first kappa shape index (κ1) is 15.7. The van der Waals surface area contributed by atoms with Crippen LogP contribution in [-0.4, -0.2) is 9.78 Å². The number of hydrogen-bond acceptors (Lipinski definition) is 2. The van der Waals surface area contributed by atoms with Gasteiger partial charge in [-0.1, -0.05) is 38.8 Å². The Kier molecular flexibility index (Phi) is 5.41. The van der Waals surface area contributed by atoms with Gasteiger partial charge in [-0.2, -0.15) is 5.10 Å². The number of nitrogens with two attached hydrogens (primary N) is 1. The Morgan fingerprint density at radius 3 is 2.35 bits per heavy atom. The van der Waals surface area contributed by atoms with Gasteiger partial charge in [0.2, 0.25) is 0 Å². The summed E-state index contributed by atoms with van der Waals surface area (Å²) < 4.78 is 4.12. The lowest BCUT2D eigenvalue weighted by Crippen LogP contribution is -2.16. The Labute approximate surface area is 136 Å². The number of nitrogens with zero attached hydrogens (tertiary/aromatic N) is 2. The van der Waals surface area contributed by atoms with Gasteiger partial charge in [-0.25, -0.2) is 0 Å². The number of hydrogen-bond donors (Lipinski definition) is 1. The lowest BCUT2D eigenvalue weighted by molar-refractivity contribution is 0.585. The van der Waals surface area contributed by atoms with Crippen LogP contribution < -0.4 is 5.73 Å². The van der Waals surface area contributed by atoms with Crippen LogP contribution in [0.4, 0.5) is 0 Å². The molecule has 0 aliphatic rings. The van der Waals surface area contributed by atoms with Gasteiger partial charge in [-0.05, 0) is 43.2 Å². The van der Waals surface area contributed by atoms with E-state index in [0.29, 0.717) is 0 Å². The predicted octanol–water partition coefficient (Wildman–Crippen LogP) is 4.23. The Bertz CT molecular complexity index is 573. The Balaban J connectivity index is 2.22. The zero-order valence-corrected chi connectivity index (χ0v) is 14.9. The molecule has 20 heavy (non-hydrogen) atoms. The molecule has 1 aromatic heterocycles. The van der Waals surface area contributed by atoms with Crippen molar-refractivity contribution in [2.24, 2.45) is 5.73 Å². The van der Waals surface area contributed by atoms with Crippen LogP contribution in [0.5, 0.6) is 0 Å². The molecule has 0 aliphatic carbocycles. The molecule has 2 aromatic rings. The second-order valence-electron chi connectivity index (χ2n) is 4.81. The van der Waals surface area contributed by atoms with Crippen LogP contribution in [-0.2, 0) is 19.4 Å². The third-order valence-electron chi connectivity index (χ3n) is 3.32. The van der Waals surface area contributed by atoms with Crippen molar-refractivity contribution in [2.75, 3.05) is 0 Å². The molecule has 1 heterocycles. The van der Waals surface area contributed by atoms with Gasteiger partial charge in [0.05, 0.1) is 5.69 Å². The summed E-state index contributed by atoms with van der Waals surface area (Å²) in [6.07, 6.45) is 1.75. The van der Waals surface area contributed by atoms with Crippen molar-refractivity contribution in [2.45, 2.75) is 39.3 Å². The molecular formula is C15H19Br2N3. The van der Waals surface area contributed by atoms with E-state index in [2.05, 4.69) is 69.0 Å². The number of rotatable bonds is 5. The van der Waals surface area contributed by atoms with Crippen LogP contribution in [0.3, 0.4) is 0 Å². The van der Waals surface area contributed by atoms with Gasteiger partial charge in [0.15, 0.2) is 0 Å². The molecular weight excluding hydrogens is 382 g/mol. The molecule has 0 saturated carbocycles. The largest absolute Gasteiger partial charge is 0.324 e. The molecule has 1 atom stereocenters. The molecule has 0 aliphatic heterocycles. The summed E-state index contributed by atoms with van der Waals surface area (Å²) in [7, 11) is 0. The van der Waals surface area contributed by atoms with Gasteiger partial charge in [0.25, 0.3) is 0 Å². The highest BCUT2D eigenvalue weighted by Gasteiger charge is 2.13. The highest BCUT2D eigenvalue weighted by Crippen LogP contribution is 2.25. The van der Waals surface area contributed by atoms with E-state index in [1.807, 2.05) is 10.7 Å². The summed E-state index contributed by atoms with van der Waals surface area (Å²) in [6.45, 7) is 5.11. The molecule has 0 radical (unpaired) electrons. The number of benzene rings is 1. The first-order valence-electron chi connectivity index (χ1n) is 6.80. The average Bonchev–Trinajstić information content (AvgIpc) is 2.79. The van der Waals surface area contributed by atoms with E-state index in [4.69, 9.17) is 5.73 Å². The second kappa shape index (κ2) is 6.87. The maximum Gasteiger partial charge on any atom is 0.0624 e. The van der Waals surface area contributed by atoms with E-state index in [0.717, 1.165) is 39.6 Å². The summed E-state index contributed by atoms with van der Waals surface area (Å²) in [6, 6.07) is 8.29. The first-order valence-corrected chi connectivity index (χ1v) is 8.39. The van der Waals surface area contributed by atoms with Gasteiger partial charge >= 0.3 is 0 Å². The lowest BCUT2D eigenvalue weighted by atomic mass is 10.0. The molecule has 0 amide bonds. The molecule has 1 unspecified atom stereocenters. The van der Waals surface area contributed by atoms with Crippen LogP contribution in [0.1, 0.15) is 36.8 Å². The summed E-state index contributed by atoms with van der Waals surface area (Å²) in [5.74, 6) is 0. The number of aromatic nitrogens is 2. The Morgan fingerprint density at radius 2 is 1.80 bits per heavy atom. The maximum absolute atomic E-state index is 6.36. The van der Waals surface area contributed by atoms with Crippen molar-refractivity contribution < 1.29 is 0 Å². The van der Waals surface area contributed by atoms with Gasteiger partial charge in [-0.3, -0.25) is 4.68 Å². The minimum atomic E-state index is -0.0319. The SMILES string of the molecule is CCc1cc(CC(N)c2cc(Br)cc(Br)c2)n(CC)n1. The van der Waals surface area contributed by atoms with Crippen molar-refractivity contribution in [1.82, 2.24) is 9.78 Å². The fraction of sp³-hybridized carbons (Fsp3) is 0.400. The van der Waals surface area contributed by atoms with E-state index in [9.17, 15) is 0 Å². The lowest BCUT2D eigenvalue weighted by Gasteiger charge is -2.14. The van der Waals surface area contributed by atoms with Crippen LogP contribution >= 0.6 is 31.9 Å². The molecule has 108 valence electrons. The third-order valence-corrected chi connectivity index (χ3v) is 4.23. The van der Waals surface area contributed by atoms with Crippen molar-refractivity contribution in [3.8, 4) is 0 Å². The molecule has 5 heteroatoms.